The lowest BCUT2D eigenvalue weighted by Crippen LogP contribution is -2.36. The smallest absolute Gasteiger partial charge is 0.0850 e. The van der Waals surface area contributed by atoms with Gasteiger partial charge in [0.05, 0.1) is 11.5 Å². The van der Waals surface area contributed by atoms with Gasteiger partial charge in [-0.2, -0.15) is 5.26 Å². The first kappa shape index (κ1) is 23.0. The summed E-state index contributed by atoms with van der Waals surface area (Å²) in [5, 5.41) is 10.5. The van der Waals surface area contributed by atoms with E-state index < -0.39 is 0 Å². The Labute approximate surface area is 191 Å². The van der Waals surface area contributed by atoms with Crippen molar-refractivity contribution in [2.24, 2.45) is 5.92 Å². The predicted molar refractivity (Wildman–Crippen MR) is 129 cm³/mol. The van der Waals surface area contributed by atoms with E-state index in [-0.39, 0.29) is 5.41 Å². The molecule has 30 heavy (non-hydrogen) atoms. The minimum Gasteiger partial charge on any atom is -0.299 e. The molecule has 0 amide bonds. The van der Waals surface area contributed by atoms with Gasteiger partial charge in [0, 0.05) is 11.0 Å². The molecular weight excluding hydrogens is 432 g/mol. The number of benzene rings is 2. The third-order valence-electron chi connectivity index (χ3n) is 6.70. The molecule has 0 bridgehead atoms. The molecule has 1 saturated carbocycles. The summed E-state index contributed by atoms with van der Waals surface area (Å²) in [4.78, 5) is 2.56. The quantitative estimate of drug-likeness (QED) is 0.362. The molecule has 3 heteroatoms. The van der Waals surface area contributed by atoms with Crippen LogP contribution < -0.4 is 0 Å². The van der Waals surface area contributed by atoms with Gasteiger partial charge >= 0.3 is 0 Å². The van der Waals surface area contributed by atoms with Crippen LogP contribution in [0, 0.1) is 17.2 Å². The molecule has 1 unspecified atom stereocenters. The fraction of sp³-hybridized carbons (Fsp3) is 0.519. The number of rotatable bonds is 10. The molecule has 1 fully saturated rings. The van der Waals surface area contributed by atoms with E-state index >= 15 is 0 Å². The summed E-state index contributed by atoms with van der Waals surface area (Å²) < 4.78 is 1.08. The zero-order valence-electron chi connectivity index (χ0n) is 18.3. The van der Waals surface area contributed by atoms with E-state index in [4.69, 9.17) is 0 Å². The molecule has 0 aliphatic heterocycles. The normalized spacial score (nSPS) is 16.9. The van der Waals surface area contributed by atoms with Gasteiger partial charge in [0.1, 0.15) is 0 Å². The first-order chi connectivity index (χ1) is 14.7. The monoisotopic (exact) mass is 466 g/mol. The molecule has 2 aromatic carbocycles. The molecule has 2 aromatic rings. The maximum Gasteiger partial charge on any atom is 0.0850 e. The molecule has 160 valence electrons. The third kappa shape index (κ3) is 5.96. The second kappa shape index (κ2) is 11.7. The van der Waals surface area contributed by atoms with Gasteiger partial charge in [0.15, 0.2) is 0 Å². The van der Waals surface area contributed by atoms with Crippen molar-refractivity contribution in [1.29, 1.82) is 5.26 Å². The molecular formula is C27H35BrN2. The molecule has 1 aliphatic carbocycles. The summed E-state index contributed by atoms with van der Waals surface area (Å²) in [6.45, 7) is 5.41. The number of halogens is 1. The predicted octanol–water partition coefficient (Wildman–Crippen LogP) is 7.48. The Kier molecular flexibility index (Phi) is 8.97. The highest BCUT2D eigenvalue weighted by Crippen LogP contribution is 2.44. The highest BCUT2D eigenvalue weighted by molar-refractivity contribution is 9.10. The van der Waals surface area contributed by atoms with Gasteiger partial charge in [-0.3, -0.25) is 4.90 Å². The summed E-state index contributed by atoms with van der Waals surface area (Å²) in [7, 11) is 0. The van der Waals surface area contributed by atoms with Gasteiger partial charge in [-0.1, -0.05) is 84.6 Å². The number of nitrogens with zero attached hydrogens (tertiary/aromatic N) is 2. The largest absolute Gasteiger partial charge is 0.299 e. The van der Waals surface area contributed by atoms with Crippen LogP contribution in [0.5, 0.6) is 0 Å². The van der Waals surface area contributed by atoms with Crippen molar-refractivity contribution < 1.29 is 0 Å². The van der Waals surface area contributed by atoms with Crippen LogP contribution in [-0.2, 0) is 12.0 Å². The Morgan fingerprint density at radius 1 is 1.00 bits per heavy atom. The van der Waals surface area contributed by atoms with Crippen molar-refractivity contribution in [3.8, 4) is 6.07 Å². The van der Waals surface area contributed by atoms with Crippen LogP contribution in [0.4, 0.5) is 0 Å². The summed E-state index contributed by atoms with van der Waals surface area (Å²) >= 11 is 3.56. The minimum atomic E-state index is -0.355. The van der Waals surface area contributed by atoms with Gasteiger partial charge in [-0.05, 0) is 74.4 Å². The zero-order valence-corrected chi connectivity index (χ0v) is 19.9. The SMILES string of the molecule is CCCN(CCCC(C#N)(c1ccc(Br)cc1)C1CCCCC1)Cc1ccccc1. The molecule has 0 aromatic heterocycles. The van der Waals surface area contributed by atoms with Crippen LogP contribution in [0.1, 0.15) is 69.4 Å². The van der Waals surface area contributed by atoms with Crippen LogP contribution in [0.2, 0.25) is 0 Å². The highest BCUT2D eigenvalue weighted by Gasteiger charge is 2.40. The van der Waals surface area contributed by atoms with E-state index in [1.165, 1.54) is 43.2 Å². The van der Waals surface area contributed by atoms with E-state index in [1.54, 1.807) is 0 Å². The highest BCUT2D eigenvalue weighted by atomic mass is 79.9. The molecule has 2 nitrogen and oxygen atoms in total. The van der Waals surface area contributed by atoms with Gasteiger partial charge < -0.3 is 0 Å². The Hall–Kier alpha value is -1.63. The molecule has 0 radical (unpaired) electrons. The fourth-order valence-corrected chi connectivity index (χ4v) is 5.41. The average Bonchev–Trinajstić information content (AvgIpc) is 2.79. The van der Waals surface area contributed by atoms with Crippen molar-refractivity contribution in [1.82, 2.24) is 4.90 Å². The van der Waals surface area contributed by atoms with E-state index in [9.17, 15) is 5.26 Å². The molecule has 1 atom stereocenters. The molecule has 0 heterocycles. The standard InChI is InChI=1S/C27H35BrN2/c1-2-19-30(21-23-10-5-3-6-11-23)20-9-18-27(22-29,24-12-7-4-8-13-24)25-14-16-26(28)17-15-25/h3,5-6,10-11,14-17,24H,2,4,7-9,12-13,18-21H2,1H3. The number of hydrogen-bond acceptors (Lipinski definition) is 2. The van der Waals surface area contributed by atoms with Crippen molar-refractivity contribution >= 4 is 15.9 Å². The Balaban J connectivity index is 1.73. The third-order valence-corrected chi connectivity index (χ3v) is 7.22. The lowest BCUT2D eigenvalue weighted by molar-refractivity contribution is 0.211. The van der Waals surface area contributed by atoms with Crippen LogP contribution in [0.15, 0.2) is 59.1 Å². The molecule has 1 aliphatic rings. The van der Waals surface area contributed by atoms with Gasteiger partial charge in [-0.15, -0.1) is 0 Å². The molecule has 3 rings (SSSR count). The molecule has 0 N–H and O–H groups in total. The topological polar surface area (TPSA) is 27.0 Å². The summed E-state index contributed by atoms with van der Waals surface area (Å²) in [5.74, 6) is 0.478. The van der Waals surface area contributed by atoms with E-state index in [0.717, 1.165) is 43.4 Å². The average molecular weight is 467 g/mol. The van der Waals surface area contributed by atoms with Gasteiger partial charge in [0.25, 0.3) is 0 Å². The lowest BCUT2D eigenvalue weighted by Gasteiger charge is -2.38. The van der Waals surface area contributed by atoms with Crippen LogP contribution >= 0.6 is 15.9 Å². The Bertz CT molecular complexity index is 790. The minimum absolute atomic E-state index is 0.355. The lowest BCUT2D eigenvalue weighted by atomic mass is 9.63. The van der Waals surface area contributed by atoms with Gasteiger partial charge in [-0.25, -0.2) is 0 Å². The van der Waals surface area contributed by atoms with Crippen LogP contribution in [-0.4, -0.2) is 18.0 Å². The summed E-state index contributed by atoms with van der Waals surface area (Å²) in [6.07, 6.45) is 9.39. The molecule has 0 spiro atoms. The van der Waals surface area contributed by atoms with Crippen LogP contribution in [0.3, 0.4) is 0 Å². The maximum absolute atomic E-state index is 10.5. The van der Waals surface area contributed by atoms with Crippen molar-refractivity contribution in [3.05, 3.63) is 70.2 Å². The first-order valence-corrected chi connectivity index (χ1v) is 12.4. The summed E-state index contributed by atoms with van der Waals surface area (Å²) in [6, 6.07) is 22.1. The van der Waals surface area contributed by atoms with Crippen molar-refractivity contribution in [2.75, 3.05) is 13.1 Å². The van der Waals surface area contributed by atoms with E-state index in [2.05, 4.69) is 88.4 Å². The molecule has 0 saturated heterocycles. The fourth-order valence-electron chi connectivity index (χ4n) is 5.15. The number of hydrogen-bond donors (Lipinski definition) is 0. The second-order valence-electron chi connectivity index (χ2n) is 8.79. The van der Waals surface area contributed by atoms with Gasteiger partial charge in [0.2, 0.25) is 0 Å². The van der Waals surface area contributed by atoms with Crippen LogP contribution in [0.25, 0.3) is 0 Å². The van der Waals surface area contributed by atoms with E-state index in [0.29, 0.717) is 5.92 Å². The van der Waals surface area contributed by atoms with E-state index in [1.807, 2.05) is 0 Å². The van der Waals surface area contributed by atoms with Crippen molar-refractivity contribution in [2.45, 2.75) is 70.3 Å². The summed E-state index contributed by atoms with van der Waals surface area (Å²) in [5.41, 5.74) is 2.23. The van der Waals surface area contributed by atoms with Crippen molar-refractivity contribution in [3.63, 3.8) is 0 Å². The maximum atomic E-state index is 10.5. The second-order valence-corrected chi connectivity index (χ2v) is 9.71. The number of nitriles is 1. The first-order valence-electron chi connectivity index (χ1n) is 11.6. The zero-order chi connectivity index (χ0) is 21.2. The Morgan fingerprint density at radius 3 is 2.33 bits per heavy atom. The Morgan fingerprint density at radius 2 is 1.70 bits per heavy atom.